The molecule has 0 saturated carbocycles. The van der Waals surface area contributed by atoms with Gasteiger partial charge in [-0.05, 0) is 5.56 Å². The summed E-state index contributed by atoms with van der Waals surface area (Å²) in [5, 5.41) is 14.4. The molecule has 17 heavy (non-hydrogen) atoms. The lowest BCUT2D eigenvalue weighted by atomic mass is 10.2. The molecule has 0 aliphatic carbocycles. The third-order valence-electron chi connectivity index (χ3n) is 1.93. The molecule has 3 N–H and O–H groups in total. The lowest BCUT2D eigenvalue weighted by Crippen LogP contribution is -2.30. The van der Waals surface area contributed by atoms with E-state index in [2.05, 4.69) is 22.8 Å². The number of nitrogens with one attached hydrogen (secondary N) is 2. The highest BCUT2D eigenvalue weighted by Gasteiger charge is 1.94. The number of carboxylic acids is 1. The lowest BCUT2D eigenvalue weighted by Gasteiger charge is -2.04. The fourth-order valence-corrected chi connectivity index (χ4v) is 1.20. The molecule has 0 aliphatic heterocycles. The average Bonchev–Trinajstić information content (AvgIpc) is 2.37. The van der Waals surface area contributed by atoms with Crippen molar-refractivity contribution in [2.24, 2.45) is 0 Å². The summed E-state index contributed by atoms with van der Waals surface area (Å²) >= 11 is 0. The van der Waals surface area contributed by atoms with Crippen molar-refractivity contribution in [1.82, 2.24) is 10.6 Å². The van der Waals surface area contributed by atoms with Crippen LogP contribution in [0.2, 0.25) is 0 Å². The van der Waals surface area contributed by atoms with Crippen molar-refractivity contribution in [1.29, 1.82) is 0 Å². The first kappa shape index (κ1) is 15.6. The highest BCUT2D eigenvalue weighted by atomic mass is 16.4. The first-order valence-electron chi connectivity index (χ1n) is 5.96. The number of benzene rings is 1. The Hall–Kier alpha value is -1.39. The van der Waals surface area contributed by atoms with E-state index in [9.17, 15) is 4.79 Å². The molecule has 0 fully saturated rings. The second-order valence-corrected chi connectivity index (χ2v) is 3.23. The fraction of sp³-hybridized carbons (Fsp3) is 0.462. The molecule has 0 spiro atoms. The summed E-state index contributed by atoms with van der Waals surface area (Å²) in [5.74, 6) is -0.821. The molecule has 0 unspecified atom stereocenters. The van der Waals surface area contributed by atoms with Gasteiger partial charge in [-0.1, -0.05) is 44.2 Å². The van der Waals surface area contributed by atoms with Gasteiger partial charge in [-0.15, -0.1) is 0 Å². The number of rotatable bonds is 7. The van der Waals surface area contributed by atoms with Crippen LogP contribution in [0.5, 0.6) is 0 Å². The summed E-state index contributed by atoms with van der Waals surface area (Å²) in [6.07, 6.45) is 0. The minimum atomic E-state index is -0.821. The first-order valence-corrected chi connectivity index (χ1v) is 5.96. The fourth-order valence-electron chi connectivity index (χ4n) is 1.20. The zero-order valence-electron chi connectivity index (χ0n) is 10.6. The average molecular weight is 238 g/mol. The molecule has 0 heterocycles. The van der Waals surface area contributed by atoms with Crippen LogP contribution in [0.25, 0.3) is 0 Å². The maximum Gasteiger partial charge on any atom is 0.317 e. The van der Waals surface area contributed by atoms with Gasteiger partial charge in [-0.3, -0.25) is 4.79 Å². The van der Waals surface area contributed by atoms with Crippen molar-refractivity contribution in [3.05, 3.63) is 35.9 Å². The van der Waals surface area contributed by atoms with Gasteiger partial charge in [0.25, 0.3) is 0 Å². The zero-order chi connectivity index (χ0) is 12.9. The van der Waals surface area contributed by atoms with Crippen molar-refractivity contribution in [3.8, 4) is 0 Å². The molecule has 96 valence electrons. The Morgan fingerprint density at radius 1 is 1.12 bits per heavy atom. The van der Waals surface area contributed by atoms with Crippen molar-refractivity contribution < 1.29 is 9.90 Å². The molecule has 1 aromatic carbocycles. The summed E-state index contributed by atoms with van der Waals surface area (Å²) in [6, 6.07) is 10.1. The van der Waals surface area contributed by atoms with Crippen LogP contribution in [0.1, 0.15) is 19.4 Å². The molecule has 0 aliphatic rings. The van der Waals surface area contributed by atoms with Crippen LogP contribution in [0.15, 0.2) is 30.3 Å². The van der Waals surface area contributed by atoms with Crippen molar-refractivity contribution in [2.45, 2.75) is 20.4 Å². The van der Waals surface area contributed by atoms with Crippen molar-refractivity contribution >= 4 is 5.97 Å². The van der Waals surface area contributed by atoms with Gasteiger partial charge in [0.05, 0.1) is 6.54 Å². The summed E-state index contributed by atoms with van der Waals surface area (Å²) in [7, 11) is 0. The van der Waals surface area contributed by atoms with Crippen LogP contribution in [0.3, 0.4) is 0 Å². The molecule has 4 nitrogen and oxygen atoms in total. The van der Waals surface area contributed by atoms with Crippen LogP contribution < -0.4 is 10.6 Å². The SMILES string of the molecule is CC.O=C(O)CNCCNCc1ccccc1. The number of aliphatic carboxylic acids is 1. The monoisotopic (exact) mass is 238 g/mol. The van der Waals surface area contributed by atoms with E-state index < -0.39 is 5.97 Å². The Morgan fingerprint density at radius 2 is 1.71 bits per heavy atom. The highest BCUT2D eigenvalue weighted by Crippen LogP contribution is 1.96. The number of carboxylic acid groups (broad SMARTS) is 1. The van der Waals surface area contributed by atoms with E-state index in [4.69, 9.17) is 5.11 Å². The molecule has 4 heteroatoms. The van der Waals surface area contributed by atoms with Crippen molar-refractivity contribution in [3.63, 3.8) is 0 Å². The predicted molar refractivity (Wildman–Crippen MR) is 70.0 cm³/mol. The molecule has 0 aromatic heterocycles. The van der Waals surface area contributed by atoms with Gasteiger partial charge in [-0.2, -0.15) is 0 Å². The maximum atomic E-state index is 10.2. The van der Waals surface area contributed by atoms with E-state index >= 15 is 0 Å². The van der Waals surface area contributed by atoms with E-state index in [1.54, 1.807) is 0 Å². The van der Waals surface area contributed by atoms with Crippen LogP contribution in [0, 0.1) is 0 Å². The zero-order valence-corrected chi connectivity index (χ0v) is 10.6. The maximum absolute atomic E-state index is 10.2. The van der Waals surface area contributed by atoms with Crippen LogP contribution >= 0.6 is 0 Å². The Morgan fingerprint density at radius 3 is 2.29 bits per heavy atom. The van der Waals surface area contributed by atoms with Gasteiger partial charge in [0.15, 0.2) is 0 Å². The molecule has 1 aromatic rings. The smallest absolute Gasteiger partial charge is 0.317 e. The number of hydrogen-bond donors (Lipinski definition) is 3. The second kappa shape index (κ2) is 11.1. The summed E-state index contributed by atoms with van der Waals surface area (Å²) < 4.78 is 0. The van der Waals surface area contributed by atoms with Crippen LogP contribution in [-0.4, -0.2) is 30.7 Å². The molecule has 0 atom stereocenters. The van der Waals surface area contributed by atoms with Gasteiger partial charge < -0.3 is 15.7 Å². The molecule has 1 rings (SSSR count). The number of hydrogen-bond acceptors (Lipinski definition) is 3. The topological polar surface area (TPSA) is 61.4 Å². The van der Waals surface area contributed by atoms with Crippen molar-refractivity contribution in [2.75, 3.05) is 19.6 Å². The van der Waals surface area contributed by atoms with E-state index in [0.717, 1.165) is 13.1 Å². The Labute approximate surface area is 103 Å². The molecule has 0 amide bonds. The largest absolute Gasteiger partial charge is 0.480 e. The molecule has 0 bridgehead atoms. The summed E-state index contributed by atoms with van der Waals surface area (Å²) in [5.41, 5.74) is 1.23. The quantitative estimate of drug-likeness (QED) is 0.630. The predicted octanol–water partition coefficient (Wildman–Crippen LogP) is 1.48. The Balaban J connectivity index is 0.00000121. The lowest BCUT2D eigenvalue weighted by molar-refractivity contribution is -0.135. The van der Waals surface area contributed by atoms with E-state index in [0.29, 0.717) is 6.54 Å². The number of carbonyl (C=O) groups is 1. The van der Waals surface area contributed by atoms with E-state index in [-0.39, 0.29) is 6.54 Å². The molecular weight excluding hydrogens is 216 g/mol. The Bertz CT molecular complexity index is 289. The first-order chi connectivity index (χ1) is 8.29. The van der Waals surface area contributed by atoms with E-state index in [1.165, 1.54) is 5.56 Å². The third-order valence-corrected chi connectivity index (χ3v) is 1.93. The minimum Gasteiger partial charge on any atom is -0.480 e. The standard InChI is InChI=1S/C11H16N2O2.C2H6/c14-11(15)9-13-7-6-12-8-10-4-2-1-3-5-10;1-2/h1-5,12-13H,6-9H2,(H,14,15);1-2H3. The van der Waals surface area contributed by atoms with Gasteiger partial charge in [0, 0.05) is 19.6 Å². The molecule has 0 radical (unpaired) electrons. The van der Waals surface area contributed by atoms with Gasteiger partial charge in [0.2, 0.25) is 0 Å². The summed E-state index contributed by atoms with van der Waals surface area (Å²) in [6.45, 7) is 6.27. The third kappa shape index (κ3) is 9.53. The Kier molecular flexibility index (Phi) is 10.2. The normalized spacial score (nSPS) is 9.29. The van der Waals surface area contributed by atoms with Crippen LogP contribution in [-0.2, 0) is 11.3 Å². The highest BCUT2D eigenvalue weighted by molar-refractivity contribution is 5.68. The van der Waals surface area contributed by atoms with E-state index in [1.807, 2.05) is 32.0 Å². The minimum absolute atomic E-state index is 0.0209. The van der Waals surface area contributed by atoms with Gasteiger partial charge in [-0.25, -0.2) is 0 Å². The molecular formula is C13H22N2O2. The van der Waals surface area contributed by atoms with Gasteiger partial charge >= 0.3 is 5.97 Å². The molecule has 0 saturated heterocycles. The van der Waals surface area contributed by atoms with Crippen LogP contribution in [0.4, 0.5) is 0 Å². The van der Waals surface area contributed by atoms with Gasteiger partial charge in [0.1, 0.15) is 0 Å². The second-order valence-electron chi connectivity index (χ2n) is 3.23. The summed E-state index contributed by atoms with van der Waals surface area (Å²) in [4.78, 5) is 10.2.